The third kappa shape index (κ3) is 5.70. The molecule has 1 N–H and O–H groups in total. The van der Waals surface area contributed by atoms with Crippen LogP contribution in [0.1, 0.15) is 16.7 Å². The molecule has 0 bridgehead atoms. The van der Waals surface area contributed by atoms with Crippen LogP contribution in [0.2, 0.25) is 0 Å². The zero-order valence-corrected chi connectivity index (χ0v) is 19.5. The van der Waals surface area contributed by atoms with E-state index >= 15 is 0 Å². The number of carbonyl (C=O) groups excluding carboxylic acids is 1. The van der Waals surface area contributed by atoms with Crippen molar-refractivity contribution in [1.29, 1.82) is 0 Å². The van der Waals surface area contributed by atoms with Crippen LogP contribution in [0.25, 0.3) is 6.08 Å². The predicted molar refractivity (Wildman–Crippen MR) is 134 cm³/mol. The Morgan fingerprint density at radius 1 is 1.03 bits per heavy atom. The van der Waals surface area contributed by atoms with Gasteiger partial charge in [0.2, 0.25) is 0 Å². The van der Waals surface area contributed by atoms with Crippen molar-refractivity contribution in [1.82, 2.24) is 4.90 Å². The van der Waals surface area contributed by atoms with Crippen molar-refractivity contribution in [3.8, 4) is 5.75 Å². The molecule has 1 amide bonds. The average molecular weight is 494 g/mol. The van der Waals surface area contributed by atoms with Crippen LogP contribution in [-0.4, -0.2) is 32.2 Å². The fourth-order valence-electron chi connectivity index (χ4n) is 3.43. The van der Waals surface area contributed by atoms with Gasteiger partial charge in [0.05, 0.1) is 4.91 Å². The Bertz CT molecular complexity index is 1230. The van der Waals surface area contributed by atoms with E-state index in [1.165, 1.54) is 17.0 Å². The van der Waals surface area contributed by atoms with Crippen molar-refractivity contribution >= 4 is 46.3 Å². The van der Waals surface area contributed by atoms with E-state index in [0.717, 1.165) is 28.5 Å². The van der Waals surface area contributed by atoms with E-state index in [-0.39, 0.29) is 16.6 Å². The summed E-state index contributed by atoms with van der Waals surface area (Å²) in [5.74, 6) is -1.20. The Balaban J connectivity index is 1.44. The summed E-state index contributed by atoms with van der Waals surface area (Å²) < 4.78 is 18.9. The van der Waals surface area contributed by atoms with Gasteiger partial charge in [-0.1, -0.05) is 78.6 Å². The molecule has 34 heavy (non-hydrogen) atoms. The molecule has 0 aliphatic carbocycles. The van der Waals surface area contributed by atoms with Crippen molar-refractivity contribution in [2.24, 2.45) is 0 Å². The summed E-state index contributed by atoms with van der Waals surface area (Å²) in [6.45, 7) is 0.302. The lowest BCUT2D eigenvalue weighted by Crippen LogP contribution is -2.45. The van der Waals surface area contributed by atoms with Crippen molar-refractivity contribution in [2.75, 3.05) is 0 Å². The standard InChI is InChI=1S/C26H20FNO4S2/c27-20-10-6-19(7-11-20)16-32-21-12-8-18(9-13-21)15-23-24(29)28(26(33)34-23)22(25(30)31)14-17-4-2-1-3-5-17/h1-13,15,22H,14,16H2,(H,30,31)/b23-15-/t22-/m0/s1. The molecule has 1 fully saturated rings. The number of carbonyl (C=O) groups is 2. The van der Waals surface area contributed by atoms with Gasteiger partial charge in [-0.3, -0.25) is 9.69 Å². The Kier molecular flexibility index (Phi) is 7.40. The van der Waals surface area contributed by atoms with Crippen LogP contribution in [0, 0.1) is 5.82 Å². The van der Waals surface area contributed by atoms with Crippen LogP contribution in [0.15, 0.2) is 83.8 Å². The summed E-state index contributed by atoms with van der Waals surface area (Å²) in [7, 11) is 0. The second-order valence-electron chi connectivity index (χ2n) is 7.58. The monoisotopic (exact) mass is 493 g/mol. The molecule has 5 nitrogen and oxygen atoms in total. The van der Waals surface area contributed by atoms with Gasteiger partial charge in [0.15, 0.2) is 0 Å². The maximum atomic E-state index is 13.0. The maximum Gasteiger partial charge on any atom is 0.327 e. The van der Waals surface area contributed by atoms with E-state index < -0.39 is 17.9 Å². The summed E-state index contributed by atoms with van der Waals surface area (Å²) in [5, 5.41) is 9.77. The molecule has 3 aromatic rings. The minimum absolute atomic E-state index is 0.163. The highest BCUT2D eigenvalue weighted by molar-refractivity contribution is 8.26. The van der Waals surface area contributed by atoms with Crippen LogP contribution in [0.5, 0.6) is 5.75 Å². The molecular weight excluding hydrogens is 473 g/mol. The van der Waals surface area contributed by atoms with Gasteiger partial charge in [-0.15, -0.1) is 0 Å². The fourth-order valence-corrected chi connectivity index (χ4v) is 4.79. The molecular formula is C26H20FNO4S2. The van der Waals surface area contributed by atoms with Crippen LogP contribution < -0.4 is 4.74 Å². The quantitative estimate of drug-likeness (QED) is 0.339. The number of carboxylic acid groups (broad SMARTS) is 1. The molecule has 8 heteroatoms. The molecule has 1 saturated heterocycles. The predicted octanol–water partition coefficient (Wildman–Crippen LogP) is 5.30. The molecule has 1 heterocycles. The van der Waals surface area contributed by atoms with Gasteiger partial charge in [-0.05, 0) is 47.0 Å². The average Bonchev–Trinajstić information content (AvgIpc) is 3.11. The third-order valence-electron chi connectivity index (χ3n) is 5.19. The summed E-state index contributed by atoms with van der Waals surface area (Å²) in [6.07, 6.45) is 1.85. The van der Waals surface area contributed by atoms with Gasteiger partial charge in [0, 0.05) is 6.42 Å². The van der Waals surface area contributed by atoms with E-state index in [4.69, 9.17) is 17.0 Å². The number of amides is 1. The summed E-state index contributed by atoms with van der Waals surface area (Å²) in [6, 6.07) is 21.3. The lowest BCUT2D eigenvalue weighted by Gasteiger charge is -2.23. The number of hydrogen-bond donors (Lipinski definition) is 1. The molecule has 0 saturated carbocycles. The first kappa shape index (κ1) is 23.7. The number of hydrogen-bond acceptors (Lipinski definition) is 5. The minimum Gasteiger partial charge on any atom is -0.489 e. The highest BCUT2D eigenvalue weighted by atomic mass is 32.2. The number of benzene rings is 3. The summed E-state index contributed by atoms with van der Waals surface area (Å²) >= 11 is 6.44. The fraction of sp³-hybridized carbons (Fsp3) is 0.115. The lowest BCUT2D eigenvalue weighted by atomic mass is 10.0. The van der Waals surface area contributed by atoms with Crippen LogP contribution in [-0.2, 0) is 22.6 Å². The van der Waals surface area contributed by atoms with E-state index in [1.807, 2.05) is 30.3 Å². The van der Waals surface area contributed by atoms with Gasteiger partial charge in [0.25, 0.3) is 5.91 Å². The zero-order valence-electron chi connectivity index (χ0n) is 17.9. The Morgan fingerprint density at radius 2 is 1.71 bits per heavy atom. The minimum atomic E-state index is -1.11. The van der Waals surface area contributed by atoms with E-state index in [9.17, 15) is 19.1 Å². The molecule has 0 aromatic heterocycles. The number of carboxylic acids is 1. The molecule has 1 atom stereocenters. The van der Waals surface area contributed by atoms with E-state index in [2.05, 4.69) is 0 Å². The Hall–Kier alpha value is -3.49. The number of ether oxygens (including phenoxy) is 1. The van der Waals surface area contributed by atoms with Crippen molar-refractivity contribution in [2.45, 2.75) is 19.1 Å². The number of thiocarbonyl (C=S) groups is 1. The topological polar surface area (TPSA) is 66.8 Å². The molecule has 0 radical (unpaired) electrons. The summed E-state index contributed by atoms with van der Waals surface area (Å²) in [5.41, 5.74) is 2.41. The molecule has 3 aromatic carbocycles. The normalized spacial score (nSPS) is 15.6. The van der Waals surface area contributed by atoms with Gasteiger partial charge < -0.3 is 9.84 Å². The first-order valence-corrected chi connectivity index (χ1v) is 11.6. The summed E-state index contributed by atoms with van der Waals surface area (Å²) in [4.78, 5) is 26.5. The highest BCUT2D eigenvalue weighted by Crippen LogP contribution is 2.35. The molecule has 0 unspecified atom stereocenters. The van der Waals surface area contributed by atoms with Gasteiger partial charge in [-0.2, -0.15) is 0 Å². The molecule has 172 valence electrons. The second-order valence-corrected chi connectivity index (χ2v) is 9.26. The Labute approximate surface area is 205 Å². The molecule has 1 aliphatic rings. The van der Waals surface area contributed by atoms with Crippen LogP contribution in [0.4, 0.5) is 4.39 Å². The number of halogens is 1. The van der Waals surface area contributed by atoms with Crippen molar-refractivity contribution in [3.05, 3.63) is 106 Å². The van der Waals surface area contributed by atoms with Crippen LogP contribution >= 0.6 is 24.0 Å². The second kappa shape index (κ2) is 10.6. The van der Waals surface area contributed by atoms with Gasteiger partial charge in [-0.25, -0.2) is 9.18 Å². The largest absolute Gasteiger partial charge is 0.489 e. The highest BCUT2D eigenvalue weighted by Gasteiger charge is 2.40. The zero-order chi connectivity index (χ0) is 24.1. The van der Waals surface area contributed by atoms with Gasteiger partial charge >= 0.3 is 5.97 Å². The molecule has 1 aliphatic heterocycles. The maximum absolute atomic E-state index is 13.0. The number of thioether (sulfide) groups is 1. The third-order valence-corrected chi connectivity index (χ3v) is 6.52. The SMILES string of the molecule is O=C(O)[C@H](Cc1ccccc1)N1C(=O)/C(=C/c2ccc(OCc3ccc(F)cc3)cc2)SC1=S. The first-order valence-electron chi connectivity index (χ1n) is 10.4. The van der Waals surface area contributed by atoms with Crippen molar-refractivity contribution in [3.63, 3.8) is 0 Å². The van der Waals surface area contributed by atoms with Crippen LogP contribution in [0.3, 0.4) is 0 Å². The number of rotatable bonds is 8. The number of aliphatic carboxylic acids is 1. The van der Waals surface area contributed by atoms with Crippen molar-refractivity contribution < 1.29 is 23.8 Å². The molecule has 0 spiro atoms. The smallest absolute Gasteiger partial charge is 0.327 e. The lowest BCUT2D eigenvalue weighted by molar-refractivity contribution is -0.145. The number of nitrogens with zero attached hydrogens (tertiary/aromatic N) is 1. The first-order chi connectivity index (χ1) is 16.4. The van der Waals surface area contributed by atoms with Gasteiger partial charge in [0.1, 0.15) is 28.5 Å². The molecule has 4 rings (SSSR count). The van der Waals surface area contributed by atoms with E-state index in [1.54, 1.807) is 42.5 Å². The van der Waals surface area contributed by atoms with E-state index in [0.29, 0.717) is 17.3 Å². The Morgan fingerprint density at radius 3 is 2.35 bits per heavy atom.